The molecule has 1 spiro atoms. The monoisotopic (exact) mass is 238 g/mol. The fraction of sp³-hybridized carbons (Fsp3) is 1.00. The van der Waals surface area contributed by atoms with Crippen molar-refractivity contribution >= 4 is 0 Å². The first kappa shape index (κ1) is 11.9. The Kier molecular flexibility index (Phi) is 3.18. The standard InChI is InChI=1S/C14H26N2O/c1-16-7-2-3-11(4-8-16)12-9-15-10-14(5-6-14)13(12)17/h11-13,15,17H,2-10H2,1H3. The van der Waals surface area contributed by atoms with Gasteiger partial charge in [0.15, 0.2) is 0 Å². The number of hydrogen-bond donors (Lipinski definition) is 2. The maximum atomic E-state index is 10.6. The molecule has 3 heteroatoms. The van der Waals surface area contributed by atoms with Crippen molar-refractivity contribution in [3.8, 4) is 0 Å². The molecule has 2 aliphatic heterocycles. The zero-order valence-electron chi connectivity index (χ0n) is 11.0. The highest BCUT2D eigenvalue weighted by Gasteiger charge is 2.54. The van der Waals surface area contributed by atoms with Crippen molar-refractivity contribution in [1.29, 1.82) is 0 Å². The Balaban J connectivity index is 1.66. The van der Waals surface area contributed by atoms with Gasteiger partial charge in [0.2, 0.25) is 0 Å². The third-order valence-electron chi connectivity index (χ3n) is 5.38. The quantitative estimate of drug-likeness (QED) is 0.717. The van der Waals surface area contributed by atoms with Crippen molar-refractivity contribution in [2.45, 2.75) is 38.2 Å². The molecule has 1 aliphatic carbocycles. The molecular weight excluding hydrogens is 212 g/mol. The number of nitrogens with one attached hydrogen (secondary N) is 1. The minimum atomic E-state index is -0.0304. The van der Waals surface area contributed by atoms with E-state index >= 15 is 0 Å². The van der Waals surface area contributed by atoms with Gasteiger partial charge in [0.1, 0.15) is 0 Å². The second-order valence-electron chi connectivity index (χ2n) is 6.60. The summed E-state index contributed by atoms with van der Waals surface area (Å²) in [6.45, 7) is 4.54. The van der Waals surface area contributed by atoms with E-state index in [0.29, 0.717) is 5.92 Å². The van der Waals surface area contributed by atoms with Crippen LogP contribution < -0.4 is 5.32 Å². The number of likely N-dealkylation sites (tertiary alicyclic amines) is 1. The van der Waals surface area contributed by atoms with E-state index in [1.807, 2.05) is 0 Å². The lowest BCUT2D eigenvalue weighted by atomic mass is 9.74. The van der Waals surface area contributed by atoms with Gasteiger partial charge in [-0.1, -0.05) is 0 Å². The zero-order chi connectivity index (χ0) is 11.9. The third-order valence-corrected chi connectivity index (χ3v) is 5.38. The van der Waals surface area contributed by atoms with E-state index in [1.54, 1.807) is 0 Å². The zero-order valence-corrected chi connectivity index (χ0v) is 11.0. The maximum Gasteiger partial charge on any atom is 0.0651 e. The predicted molar refractivity (Wildman–Crippen MR) is 68.9 cm³/mol. The number of rotatable bonds is 1. The largest absolute Gasteiger partial charge is 0.392 e. The molecule has 3 fully saturated rings. The van der Waals surface area contributed by atoms with Gasteiger partial charge in [-0.05, 0) is 58.2 Å². The summed E-state index contributed by atoms with van der Waals surface area (Å²) in [6, 6.07) is 0. The SMILES string of the molecule is CN1CCCC(C2CNCC3(CC3)C2O)CC1. The second-order valence-corrected chi connectivity index (χ2v) is 6.60. The lowest BCUT2D eigenvalue weighted by molar-refractivity contribution is -0.0142. The highest BCUT2D eigenvalue weighted by molar-refractivity contribution is 5.06. The van der Waals surface area contributed by atoms with E-state index in [0.717, 1.165) is 19.0 Å². The van der Waals surface area contributed by atoms with Crippen molar-refractivity contribution in [3.63, 3.8) is 0 Å². The summed E-state index contributed by atoms with van der Waals surface area (Å²) in [5.74, 6) is 1.25. The summed E-state index contributed by atoms with van der Waals surface area (Å²) in [5.41, 5.74) is 0.279. The average molecular weight is 238 g/mol. The lowest BCUT2D eigenvalue weighted by Crippen LogP contribution is -2.51. The Morgan fingerprint density at radius 1 is 1.24 bits per heavy atom. The highest BCUT2D eigenvalue weighted by Crippen LogP contribution is 2.53. The van der Waals surface area contributed by atoms with Gasteiger partial charge in [-0.25, -0.2) is 0 Å². The molecular formula is C14H26N2O. The van der Waals surface area contributed by atoms with E-state index in [1.165, 1.54) is 45.2 Å². The van der Waals surface area contributed by atoms with Crippen molar-refractivity contribution in [1.82, 2.24) is 10.2 Å². The molecule has 0 bridgehead atoms. The molecule has 3 rings (SSSR count). The van der Waals surface area contributed by atoms with Crippen LogP contribution in [0.2, 0.25) is 0 Å². The van der Waals surface area contributed by atoms with Crippen LogP contribution in [-0.2, 0) is 0 Å². The number of nitrogens with zero attached hydrogens (tertiary/aromatic N) is 1. The summed E-state index contributed by atoms with van der Waals surface area (Å²) in [4.78, 5) is 2.44. The fourth-order valence-corrected chi connectivity index (χ4v) is 3.91. The normalized spacial score (nSPS) is 42.4. The van der Waals surface area contributed by atoms with Gasteiger partial charge in [0, 0.05) is 24.4 Å². The Hall–Kier alpha value is -0.120. The molecule has 1 saturated carbocycles. The van der Waals surface area contributed by atoms with E-state index in [-0.39, 0.29) is 11.5 Å². The molecule has 98 valence electrons. The molecule has 0 aromatic carbocycles. The predicted octanol–water partition coefficient (Wildman–Crippen LogP) is 1.08. The summed E-state index contributed by atoms with van der Waals surface area (Å²) in [5, 5.41) is 14.2. The van der Waals surface area contributed by atoms with Crippen molar-refractivity contribution in [2.24, 2.45) is 17.3 Å². The van der Waals surface area contributed by atoms with Gasteiger partial charge in [0.25, 0.3) is 0 Å². The third kappa shape index (κ3) is 2.25. The minimum Gasteiger partial charge on any atom is -0.392 e. The number of aliphatic hydroxyl groups excluding tert-OH is 1. The topological polar surface area (TPSA) is 35.5 Å². The van der Waals surface area contributed by atoms with E-state index < -0.39 is 0 Å². The summed E-state index contributed by atoms with van der Waals surface area (Å²) < 4.78 is 0. The molecule has 0 aromatic rings. The van der Waals surface area contributed by atoms with Gasteiger partial charge < -0.3 is 15.3 Å². The van der Waals surface area contributed by atoms with Gasteiger partial charge in [-0.3, -0.25) is 0 Å². The van der Waals surface area contributed by atoms with Crippen LogP contribution in [0, 0.1) is 17.3 Å². The van der Waals surface area contributed by atoms with Crippen LogP contribution >= 0.6 is 0 Å². The second kappa shape index (κ2) is 4.52. The minimum absolute atomic E-state index is 0.0304. The van der Waals surface area contributed by atoms with Crippen molar-refractivity contribution in [2.75, 3.05) is 33.2 Å². The van der Waals surface area contributed by atoms with Crippen LogP contribution in [0.1, 0.15) is 32.1 Å². The molecule has 3 atom stereocenters. The van der Waals surface area contributed by atoms with Crippen LogP contribution in [-0.4, -0.2) is 49.3 Å². The first-order chi connectivity index (χ1) is 8.21. The molecule has 2 N–H and O–H groups in total. The van der Waals surface area contributed by atoms with Crippen LogP contribution in [0.25, 0.3) is 0 Å². The highest BCUT2D eigenvalue weighted by atomic mass is 16.3. The van der Waals surface area contributed by atoms with E-state index in [2.05, 4.69) is 17.3 Å². The van der Waals surface area contributed by atoms with Gasteiger partial charge >= 0.3 is 0 Å². The smallest absolute Gasteiger partial charge is 0.0651 e. The number of aliphatic hydroxyl groups is 1. The first-order valence-corrected chi connectivity index (χ1v) is 7.29. The van der Waals surface area contributed by atoms with Gasteiger partial charge in [0.05, 0.1) is 6.10 Å². The molecule has 17 heavy (non-hydrogen) atoms. The summed E-state index contributed by atoms with van der Waals surface area (Å²) in [7, 11) is 2.22. The van der Waals surface area contributed by atoms with Crippen LogP contribution in [0.3, 0.4) is 0 Å². The molecule has 0 amide bonds. The average Bonchev–Trinajstić information content (AvgIpc) is 3.10. The Bertz CT molecular complexity index is 277. The molecule has 3 unspecified atom stereocenters. The van der Waals surface area contributed by atoms with Crippen LogP contribution in [0.5, 0.6) is 0 Å². The Labute approximate surface area is 105 Å². The van der Waals surface area contributed by atoms with E-state index in [9.17, 15) is 5.11 Å². The number of hydrogen-bond acceptors (Lipinski definition) is 3. The molecule has 2 saturated heterocycles. The molecule has 3 aliphatic rings. The summed E-state index contributed by atoms with van der Waals surface area (Å²) in [6.07, 6.45) is 6.34. The molecule has 3 nitrogen and oxygen atoms in total. The van der Waals surface area contributed by atoms with Crippen molar-refractivity contribution in [3.05, 3.63) is 0 Å². The Morgan fingerprint density at radius 3 is 2.82 bits per heavy atom. The lowest BCUT2D eigenvalue weighted by Gasteiger charge is -2.40. The molecule has 0 aromatic heterocycles. The number of piperidine rings is 1. The maximum absolute atomic E-state index is 10.6. The van der Waals surface area contributed by atoms with Crippen LogP contribution in [0.4, 0.5) is 0 Å². The van der Waals surface area contributed by atoms with E-state index in [4.69, 9.17) is 0 Å². The first-order valence-electron chi connectivity index (χ1n) is 7.29. The van der Waals surface area contributed by atoms with Crippen molar-refractivity contribution < 1.29 is 5.11 Å². The molecule has 0 radical (unpaired) electrons. The fourth-order valence-electron chi connectivity index (χ4n) is 3.91. The van der Waals surface area contributed by atoms with Gasteiger partial charge in [-0.15, -0.1) is 0 Å². The summed E-state index contributed by atoms with van der Waals surface area (Å²) >= 11 is 0. The van der Waals surface area contributed by atoms with Gasteiger partial charge in [-0.2, -0.15) is 0 Å². The Morgan fingerprint density at radius 2 is 2.06 bits per heavy atom. The van der Waals surface area contributed by atoms with Crippen LogP contribution in [0.15, 0.2) is 0 Å². The molecule has 2 heterocycles.